The zero-order valence-electron chi connectivity index (χ0n) is 10.6. The highest BCUT2D eigenvalue weighted by Crippen LogP contribution is 2.32. The fraction of sp³-hybridized carbons (Fsp3) is 0.0833. The van der Waals surface area contributed by atoms with Gasteiger partial charge < -0.3 is 10.7 Å². The van der Waals surface area contributed by atoms with Crippen LogP contribution in [0.1, 0.15) is 5.56 Å². The highest BCUT2D eigenvalue weighted by Gasteiger charge is 2.17. The second-order valence-electron chi connectivity index (χ2n) is 4.03. The summed E-state index contributed by atoms with van der Waals surface area (Å²) < 4.78 is 0.821. The van der Waals surface area contributed by atoms with Crippen LogP contribution in [0.15, 0.2) is 34.8 Å². The fourth-order valence-electron chi connectivity index (χ4n) is 1.64. The van der Waals surface area contributed by atoms with E-state index in [2.05, 4.69) is 31.7 Å². The standard InChI is InChI=1S/C12H12BrN5O2/c1-7-3-2-4-8(11(7)13)15-12-9(18(19)20)5-6-10(16-12)17-14/h2-6H,14H2,1H3,(H2,15,16,17). The molecule has 0 amide bonds. The van der Waals surface area contributed by atoms with Gasteiger partial charge in [0, 0.05) is 10.5 Å². The third-order valence-electron chi connectivity index (χ3n) is 2.66. The van der Waals surface area contributed by atoms with Crippen molar-refractivity contribution in [2.24, 2.45) is 5.84 Å². The molecule has 20 heavy (non-hydrogen) atoms. The molecule has 0 aliphatic heterocycles. The molecule has 0 aliphatic rings. The highest BCUT2D eigenvalue weighted by atomic mass is 79.9. The zero-order chi connectivity index (χ0) is 14.7. The van der Waals surface area contributed by atoms with Gasteiger partial charge >= 0.3 is 5.69 Å². The minimum atomic E-state index is -0.501. The van der Waals surface area contributed by atoms with E-state index in [9.17, 15) is 10.1 Å². The number of halogens is 1. The molecule has 0 fully saturated rings. The average Bonchev–Trinajstić information content (AvgIpc) is 2.43. The maximum absolute atomic E-state index is 11.0. The number of nitrogen functional groups attached to an aromatic ring is 1. The molecule has 0 unspecified atom stereocenters. The summed E-state index contributed by atoms with van der Waals surface area (Å²) in [6, 6.07) is 8.35. The lowest BCUT2D eigenvalue weighted by molar-refractivity contribution is -0.384. The van der Waals surface area contributed by atoms with Crippen LogP contribution < -0.4 is 16.6 Å². The Morgan fingerprint density at radius 2 is 2.10 bits per heavy atom. The molecule has 2 aromatic rings. The Morgan fingerprint density at radius 1 is 1.35 bits per heavy atom. The number of anilines is 3. The van der Waals surface area contributed by atoms with Crippen molar-refractivity contribution >= 4 is 38.9 Å². The second-order valence-corrected chi connectivity index (χ2v) is 4.82. The summed E-state index contributed by atoms with van der Waals surface area (Å²) in [4.78, 5) is 14.6. The lowest BCUT2D eigenvalue weighted by Crippen LogP contribution is -2.10. The number of nitrogens with two attached hydrogens (primary N) is 1. The smallest absolute Gasteiger partial charge is 0.311 e. The number of nitro groups is 1. The van der Waals surface area contributed by atoms with E-state index in [1.165, 1.54) is 12.1 Å². The first-order valence-corrected chi connectivity index (χ1v) is 6.46. The van der Waals surface area contributed by atoms with E-state index in [0.29, 0.717) is 11.5 Å². The second kappa shape index (κ2) is 5.85. The number of aromatic nitrogens is 1. The number of benzene rings is 1. The summed E-state index contributed by atoms with van der Waals surface area (Å²) >= 11 is 3.43. The van der Waals surface area contributed by atoms with Crippen molar-refractivity contribution in [3.8, 4) is 0 Å². The first-order valence-electron chi connectivity index (χ1n) is 5.67. The van der Waals surface area contributed by atoms with E-state index >= 15 is 0 Å². The molecule has 0 atom stereocenters. The molecule has 1 heterocycles. The van der Waals surface area contributed by atoms with Gasteiger partial charge in [0.2, 0.25) is 5.82 Å². The summed E-state index contributed by atoms with van der Waals surface area (Å²) in [5.41, 5.74) is 3.93. The third kappa shape index (κ3) is 2.86. The largest absolute Gasteiger partial charge is 0.333 e. The first kappa shape index (κ1) is 14.2. The third-order valence-corrected chi connectivity index (χ3v) is 3.72. The molecule has 0 saturated carbocycles. The van der Waals surface area contributed by atoms with E-state index in [4.69, 9.17) is 5.84 Å². The lowest BCUT2D eigenvalue weighted by atomic mass is 10.2. The Kier molecular flexibility index (Phi) is 4.16. The Bertz CT molecular complexity index is 662. The molecular formula is C12H12BrN5O2. The quantitative estimate of drug-likeness (QED) is 0.449. The number of aryl methyl sites for hydroxylation is 1. The topological polar surface area (TPSA) is 106 Å². The number of rotatable bonds is 4. The first-order chi connectivity index (χ1) is 9.52. The molecule has 0 bridgehead atoms. The molecule has 1 aromatic heterocycles. The molecule has 0 radical (unpaired) electrons. The number of hydrazine groups is 1. The molecule has 104 valence electrons. The molecule has 2 rings (SSSR count). The van der Waals surface area contributed by atoms with E-state index in [1.54, 1.807) is 6.07 Å². The molecule has 0 saturated heterocycles. The molecule has 0 spiro atoms. The number of nitrogens with zero attached hydrogens (tertiary/aromatic N) is 2. The van der Waals surface area contributed by atoms with Crippen LogP contribution in [0.25, 0.3) is 0 Å². The van der Waals surface area contributed by atoms with E-state index in [1.807, 2.05) is 19.1 Å². The summed E-state index contributed by atoms with van der Waals surface area (Å²) in [6.45, 7) is 1.93. The number of nitrogens with one attached hydrogen (secondary N) is 2. The van der Waals surface area contributed by atoms with Gasteiger partial charge in [-0.05, 0) is 40.5 Å². The van der Waals surface area contributed by atoms with Gasteiger partial charge in [-0.25, -0.2) is 10.8 Å². The zero-order valence-corrected chi connectivity index (χ0v) is 12.1. The van der Waals surface area contributed by atoms with E-state index < -0.39 is 4.92 Å². The summed E-state index contributed by atoms with van der Waals surface area (Å²) in [7, 11) is 0. The molecule has 1 aromatic carbocycles. The normalized spacial score (nSPS) is 10.2. The van der Waals surface area contributed by atoms with Crippen LogP contribution in [0, 0.1) is 17.0 Å². The Hall–Kier alpha value is -2.19. The molecule has 4 N–H and O–H groups in total. The van der Waals surface area contributed by atoms with Crippen molar-refractivity contribution < 1.29 is 4.92 Å². The lowest BCUT2D eigenvalue weighted by Gasteiger charge is -2.10. The fourth-order valence-corrected chi connectivity index (χ4v) is 2.01. The van der Waals surface area contributed by atoms with Crippen LogP contribution in [0.5, 0.6) is 0 Å². The number of hydrogen-bond acceptors (Lipinski definition) is 6. The van der Waals surface area contributed by atoms with Crippen molar-refractivity contribution in [2.45, 2.75) is 6.92 Å². The Labute approximate surface area is 123 Å². The van der Waals surface area contributed by atoms with Gasteiger partial charge in [-0.2, -0.15) is 0 Å². The average molecular weight is 338 g/mol. The predicted molar refractivity (Wildman–Crippen MR) is 80.9 cm³/mol. The van der Waals surface area contributed by atoms with Gasteiger partial charge in [-0.1, -0.05) is 12.1 Å². The van der Waals surface area contributed by atoms with Crippen LogP contribution >= 0.6 is 15.9 Å². The van der Waals surface area contributed by atoms with Crippen molar-refractivity contribution in [1.29, 1.82) is 0 Å². The highest BCUT2D eigenvalue weighted by molar-refractivity contribution is 9.10. The van der Waals surface area contributed by atoms with Crippen LogP contribution in [0.2, 0.25) is 0 Å². The van der Waals surface area contributed by atoms with Crippen molar-refractivity contribution in [2.75, 3.05) is 10.7 Å². The molecule has 7 nitrogen and oxygen atoms in total. The molecule has 0 aliphatic carbocycles. The van der Waals surface area contributed by atoms with Crippen LogP contribution in [-0.4, -0.2) is 9.91 Å². The maximum atomic E-state index is 11.0. The van der Waals surface area contributed by atoms with Crippen molar-refractivity contribution in [3.63, 3.8) is 0 Å². The minimum Gasteiger partial charge on any atom is -0.333 e. The van der Waals surface area contributed by atoms with E-state index in [-0.39, 0.29) is 11.5 Å². The van der Waals surface area contributed by atoms with Crippen molar-refractivity contribution in [3.05, 3.63) is 50.5 Å². The summed E-state index contributed by atoms with van der Waals surface area (Å²) in [6.07, 6.45) is 0. The predicted octanol–water partition coefficient (Wildman–Crippen LogP) is 3.09. The van der Waals surface area contributed by atoms with Crippen LogP contribution in [0.3, 0.4) is 0 Å². The van der Waals surface area contributed by atoms with Gasteiger partial charge in [0.15, 0.2) is 0 Å². The van der Waals surface area contributed by atoms with Crippen LogP contribution in [-0.2, 0) is 0 Å². The number of hydrogen-bond donors (Lipinski definition) is 3. The molecular weight excluding hydrogens is 326 g/mol. The van der Waals surface area contributed by atoms with Crippen LogP contribution in [0.4, 0.5) is 23.0 Å². The summed E-state index contributed by atoms with van der Waals surface area (Å²) in [5, 5.41) is 14.0. The molecule has 8 heteroatoms. The maximum Gasteiger partial charge on any atom is 0.311 e. The number of pyridine rings is 1. The monoisotopic (exact) mass is 337 g/mol. The van der Waals surface area contributed by atoms with Gasteiger partial charge in [0.25, 0.3) is 0 Å². The van der Waals surface area contributed by atoms with Gasteiger partial charge in [-0.15, -0.1) is 0 Å². The van der Waals surface area contributed by atoms with Crippen molar-refractivity contribution in [1.82, 2.24) is 4.98 Å². The Morgan fingerprint density at radius 3 is 2.75 bits per heavy atom. The van der Waals surface area contributed by atoms with Gasteiger partial charge in [0.1, 0.15) is 5.82 Å². The summed E-state index contributed by atoms with van der Waals surface area (Å²) in [5.74, 6) is 5.73. The van der Waals surface area contributed by atoms with Gasteiger partial charge in [-0.3, -0.25) is 10.1 Å². The van der Waals surface area contributed by atoms with Gasteiger partial charge in [0.05, 0.1) is 10.6 Å². The Balaban J connectivity index is 2.46. The SMILES string of the molecule is Cc1cccc(Nc2nc(NN)ccc2[N+](=O)[O-])c1Br. The van der Waals surface area contributed by atoms with E-state index in [0.717, 1.165) is 10.0 Å². The minimum absolute atomic E-state index is 0.122.